The van der Waals surface area contributed by atoms with Gasteiger partial charge in [0.25, 0.3) is 0 Å². The first-order valence-electron chi connectivity index (χ1n) is 6.23. The van der Waals surface area contributed by atoms with E-state index in [4.69, 9.17) is 0 Å². The summed E-state index contributed by atoms with van der Waals surface area (Å²) >= 11 is 0. The lowest BCUT2D eigenvalue weighted by Crippen LogP contribution is -2.56. The van der Waals surface area contributed by atoms with Gasteiger partial charge in [0.05, 0.1) is 0 Å². The van der Waals surface area contributed by atoms with E-state index < -0.39 is 0 Å². The molecule has 2 rings (SSSR count). The molecular weight excluding hydrogens is 198 g/mol. The lowest BCUT2D eigenvalue weighted by atomic mass is 10.1. The second-order valence-electron chi connectivity index (χ2n) is 5.18. The number of likely N-dealkylation sites (N-methyl/N-ethyl adjacent to an activating group) is 1. The minimum Gasteiger partial charge on any atom is -0.373 e. The highest BCUT2D eigenvalue weighted by molar-refractivity contribution is 5.24. The monoisotopic (exact) mass is 221 g/mol. The Bertz CT molecular complexity index is 288. The molecule has 0 radical (unpaired) electrons. The van der Waals surface area contributed by atoms with E-state index in [0.717, 1.165) is 32.1 Å². The summed E-state index contributed by atoms with van der Waals surface area (Å²) in [7, 11) is 2.04. The molecule has 0 unspecified atom stereocenters. The summed E-state index contributed by atoms with van der Waals surface area (Å²) < 4.78 is 0. The molecule has 90 valence electrons. The second kappa shape index (κ2) is 4.91. The first-order valence-corrected chi connectivity index (χ1v) is 6.23. The molecule has 0 amide bonds. The van der Waals surface area contributed by atoms with Crippen LogP contribution in [-0.2, 0) is 0 Å². The molecule has 0 aromatic carbocycles. The van der Waals surface area contributed by atoms with Gasteiger partial charge in [-0.05, 0) is 25.1 Å². The van der Waals surface area contributed by atoms with Gasteiger partial charge in [-0.15, -0.1) is 0 Å². The lowest BCUT2D eigenvalue weighted by molar-refractivity contribution is 0.180. The zero-order valence-corrected chi connectivity index (χ0v) is 10.6. The van der Waals surface area contributed by atoms with Crippen LogP contribution >= 0.6 is 0 Å². The molecule has 0 aromatic heterocycles. The molecule has 3 heteroatoms. The van der Waals surface area contributed by atoms with Gasteiger partial charge in [-0.3, -0.25) is 0 Å². The number of likely N-dealkylation sites (tertiary alicyclic amines) is 1. The van der Waals surface area contributed by atoms with Crippen LogP contribution in [0.2, 0.25) is 0 Å². The Labute approximate surface area is 98.8 Å². The number of allylic oxidation sites excluding steroid dienone is 1. The van der Waals surface area contributed by atoms with Crippen LogP contribution in [0.4, 0.5) is 0 Å². The van der Waals surface area contributed by atoms with Crippen molar-refractivity contribution < 1.29 is 0 Å². The van der Waals surface area contributed by atoms with Gasteiger partial charge in [0.2, 0.25) is 0 Å². The molecule has 0 bridgehead atoms. The molecule has 1 fully saturated rings. The Balaban J connectivity index is 1.79. The van der Waals surface area contributed by atoms with Crippen LogP contribution in [0.5, 0.6) is 0 Å². The van der Waals surface area contributed by atoms with Crippen molar-refractivity contribution in [3.8, 4) is 0 Å². The largest absolute Gasteiger partial charge is 0.373 e. The van der Waals surface area contributed by atoms with Crippen LogP contribution < -0.4 is 5.32 Å². The van der Waals surface area contributed by atoms with Gasteiger partial charge in [-0.1, -0.05) is 13.8 Å². The van der Waals surface area contributed by atoms with Crippen LogP contribution in [0.1, 0.15) is 13.8 Å². The van der Waals surface area contributed by atoms with E-state index in [-0.39, 0.29) is 0 Å². The van der Waals surface area contributed by atoms with Crippen molar-refractivity contribution in [2.24, 2.45) is 5.92 Å². The van der Waals surface area contributed by atoms with Gasteiger partial charge in [-0.25, -0.2) is 0 Å². The molecule has 16 heavy (non-hydrogen) atoms. The van der Waals surface area contributed by atoms with Gasteiger partial charge in [0.1, 0.15) is 0 Å². The van der Waals surface area contributed by atoms with Crippen LogP contribution in [0, 0.1) is 5.92 Å². The first-order chi connectivity index (χ1) is 7.69. The summed E-state index contributed by atoms with van der Waals surface area (Å²) in [5.41, 5.74) is 1.39. The Hall–Kier alpha value is -0.960. The van der Waals surface area contributed by atoms with Crippen molar-refractivity contribution in [1.29, 1.82) is 0 Å². The quantitative estimate of drug-likeness (QED) is 0.771. The van der Waals surface area contributed by atoms with Crippen LogP contribution in [0.15, 0.2) is 24.0 Å². The standard InChI is InChI=1S/C13H23N3/c1-11(2)8-15-6-4-13(5-7-15)16-9-12(10-16)14-3/h4-6,11-12,14H,7-10H2,1-3H3. The molecular formula is C13H23N3. The van der Waals surface area contributed by atoms with Crippen molar-refractivity contribution >= 4 is 0 Å². The molecule has 0 saturated carbocycles. The average molecular weight is 221 g/mol. The van der Waals surface area contributed by atoms with Crippen LogP contribution in [0.3, 0.4) is 0 Å². The summed E-state index contributed by atoms with van der Waals surface area (Å²) in [6.45, 7) is 9.04. The topological polar surface area (TPSA) is 18.5 Å². The van der Waals surface area contributed by atoms with Crippen molar-refractivity contribution in [1.82, 2.24) is 15.1 Å². The molecule has 0 spiro atoms. The normalized spacial score (nSPS) is 21.4. The number of hydrogen-bond acceptors (Lipinski definition) is 3. The highest BCUT2D eigenvalue weighted by Gasteiger charge is 2.26. The number of hydrogen-bond donors (Lipinski definition) is 1. The first kappa shape index (κ1) is 11.5. The lowest BCUT2D eigenvalue weighted by Gasteiger charge is -2.42. The van der Waals surface area contributed by atoms with Gasteiger partial charge >= 0.3 is 0 Å². The van der Waals surface area contributed by atoms with Gasteiger partial charge < -0.3 is 15.1 Å². The van der Waals surface area contributed by atoms with Gasteiger partial charge in [-0.2, -0.15) is 0 Å². The summed E-state index contributed by atoms with van der Waals surface area (Å²) in [5.74, 6) is 0.734. The van der Waals surface area contributed by atoms with E-state index in [1.165, 1.54) is 5.70 Å². The fourth-order valence-electron chi connectivity index (χ4n) is 2.23. The fraction of sp³-hybridized carbons (Fsp3) is 0.692. The van der Waals surface area contributed by atoms with E-state index in [2.05, 4.69) is 47.3 Å². The Morgan fingerprint density at radius 3 is 2.69 bits per heavy atom. The molecule has 2 aliphatic heterocycles. The van der Waals surface area contributed by atoms with Crippen molar-refractivity contribution in [2.75, 3.05) is 33.2 Å². The zero-order chi connectivity index (χ0) is 11.5. The zero-order valence-electron chi connectivity index (χ0n) is 10.6. The minimum atomic E-state index is 0.683. The molecule has 0 aliphatic carbocycles. The van der Waals surface area contributed by atoms with Crippen molar-refractivity contribution in [2.45, 2.75) is 19.9 Å². The Morgan fingerprint density at radius 1 is 1.44 bits per heavy atom. The number of nitrogens with one attached hydrogen (secondary N) is 1. The Morgan fingerprint density at radius 2 is 2.19 bits per heavy atom. The molecule has 3 nitrogen and oxygen atoms in total. The third-order valence-corrected chi connectivity index (χ3v) is 3.25. The van der Waals surface area contributed by atoms with E-state index in [1.807, 2.05) is 7.05 Å². The average Bonchev–Trinajstić information content (AvgIpc) is 2.18. The van der Waals surface area contributed by atoms with Gasteiger partial charge in [0, 0.05) is 44.1 Å². The SMILES string of the molecule is CNC1CN(C2=CCN(CC(C)C)C=C2)C1. The highest BCUT2D eigenvalue weighted by atomic mass is 15.3. The van der Waals surface area contributed by atoms with E-state index in [0.29, 0.717) is 6.04 Å². The van der Waals surface area contributed by atoms with Crippen LogP contribution in [0.25, 0.3) is 0 Å². The maximum Gasteiger partial charge on any atom is 0.0418 e. The fourth-order valence-corrected chi connectivity index (χ4v) is 2.23. The maximum absolute atomic E-state index is 3.30. The second-order valence-corrected chi connectivity index (χ2v) is 5.18. The molecule has 0 aromatic rings. The molecule has 0 atom stereocenters. The summed E-state index contributed by atoms with van der Waals surface area (Å²) in [6.07, 6.45) is 6.83. The number of nitrogens with zero attached hydrogens (tertiary/aromatic N) is 2. The maximum atomic E-state index is 3.30. The summed E-state index contributed by atoms with van der Waals surface area (Å²) in [4.78, 5) is 4.81. The van der Waals surface area contributed by atoms with Crippen LogP contribution in [-0.4, -0.2) is 49.1 Å². The van der Waals surface area contributed by atoms with E-state index in [1.54, 1.807) is 0 Å². The summed E-state index contributed by atoms with van der Waals surface area (Å²) in [6, 6.07) is 0.683. The van der Waals surface area contributed by atoms with Crippen molar-refractivity contribution in [3.05, 3.63) is 24.0 Å². The Kier molecular flexibility index (Phi) is 3.54. The molecule has 2 aliphatic rings. The molecule has 1 saturated heterocycles. The third-order valence-electron chi connectivity index (χ3n) is 3.25. The highest BCUT2D eigenvalue weighted by Crippen LogP contribution is 2.19. The minimum absolute atomic E-state index is 0.683. The summed E-state index contributed by atoms with van der Waals surface area (Å²) in [5, 5.41) is 3.30. The third kappa shape index (κ3) is 2.59. The predicted molar refractivity (Wildman–Crippen MR) is 68.1 cm³/mol. The number of rotatable bonds is 4. The van der Waals surface area contributed by atoms with Crippen molar-refractivity contribution in [3.63, 3.8) is 0 Å². The smallest absolute Gasteiger partial charge is 0.0418 e. The van der Waals surface area contributed by atoms with E-state index in [9.17, 15) is 0 Å². The molecule has 1 N–H and O–H groups in total. The van der Waals surface area contributed by atoms with Gasteiger partial charge in [0.15, 0.2) is 0 Å². The van der Waals surface area contributed by atoms with E-state index >= 15 is 0 Å². The molecule has 2 heterocycles. The predicted octanol–water partition coefficient (Wildman–Crippen LogP) is 1.26.